The second kappa shape index (κ2) is 10.7. The van der Waals surface area contributed by atoms with Gasteiger partial charge in [-0.05, 0) is 74.0 Å². The zero-order valence-electron chi connectivity index (χ0n) is 26.5. The molecule has 0 bridgehead atoms. The normalized spacial score (nSPS) is 37.8. The van der Waals surface area contributed by atoms with Crippen molar-refractivity contribution in [2.24, 2.45) is 39.4 Å². The Morgan fingerprint density at radius 3 is 2.24 bits per heavy atom. The van der Waals surface area contributed by atoms with Crippen LogP contribution < -0.4 is 0 Å². The molecule has 4 aliphatic rings. The summed E-state index contributed by atoms with van der Waals surface area (Å²) in [5.41, 5.74) is 1.76. The summed E-state index contributed by atoms with van der Waals surface area (Å²) in [4.78, 5) is 49.6. The van der Waals surface area contributed by atoms with Gasteiger partial charge >= 0.3 is 17.9 Å². The van der Waals surface area contributed by atoms with Crippen LogP contribution in [0.15, 0.2) is 22.8 Å². The number of allylic oxidation sites excluding steroid dienone is 2. The number of ether oxygens (including phenoxy) is 2. The summed E-state index contributed by atoms with van der Waals surface area (Å²) in [6.07, 6.45) is 7.23. The summed E-state index contributed by atoms with van der Waals surface area (Å²) in [5.74, 6) is -1.01. The predicted molar refractivity (Wildman–Crippen MR) is 156 cm³/mol. The van der Waals surface area contributed by atoms with Gasteiger partial charge in [-0.3, -0.25) is 14.4 Å². The zero-order chi connectivity index (χ0) is 30.7. The monoisotopic (exact) mass is 570 g/mol. The molecule has 41 heavy (non-hydrogen) atoms. The average molecular weight is 571 g/mol. The number of ketones is 1. The number of carboxylic acids is 1. The molecule has 0 aromatic rings. The van der Waals surface area contributed by atoms with Gasteiger partial charge in [-0.1, -0.05) is 53.2 Å². The average Bonchev–Trinajstić information content (AvgIpc) is 3.14. The van der Waals surface area contributed by atoms with Gasteiger partial charge in [-0.2, -0.15) is 0 Å². The lowest BCUT2D eigenvalue weighted by atomic mass is 9.43. The van der Waals surface area contributed by atoms with E-state index in [0.717, 1.165) is 44.1 Å². The van der Waals surface area contributed by atoms with Crippen molar-refractivity contribution >= 4 is 23.7 Å². The number of aliphatic carboxylic acids is 1. The maximum absolute atomic E-state index is 14.2. The van der Waals surface area contributed by atoms with Crippen molar-refractivity contribution in [3.8, 4) is 0 Å². The number of esters is 2. The maximum Gasteiger partial charge on any atom is 0.330 e. The molecule has 0 aromatic carbocycles. The van der Waals surface area contributed by atoms with Crippen molar-refractivity contribution in [1.82, 2.24) is 0 Å². The van der Waals surface area contributed by atoms with Crippen LogP contribution >= 0.6 is 0 Å². The highest BCUT2D eigenvalue weighted by molar-refractivity contribution is 5.99. The number of hydrogen-bond acceptors (Lipinski definition) is 6. The Morgan fingerprint density at radius 2 is 1.66 bits per heavy atom. The molecule has 0 radical (unpaired) electrons. The van der Waals surface area contributed by atoms with Gasteiger partial charge < -0.3 is 14.6 Å². The van der Waals surface area contributed by atoms with Crippen LogP contribution in [-0.4, -0.2) is 41.0 Å². The lowest BCUT2D eigenvalue weighted by Crippen LogP contribution is -2.57. The van der Waals surface area contributed by atoms with E-state index in [1.54, 1.807) is 13.0 Å². The van der Waals surface area contributed by atoms with Crippen molar-refractivity contribution in [2.75, 3.05) is 0 Å². The lowest BCUT2D eigenvalue weighted by molar-refractivity contribution is -0.168. The first-order chi connectivity index (χ1) is 18.9. The molecule has 2 saturated carbocycles. The van der Waals surface area contributed by atoms with E-state index >= 15 is 0 Å². The molecule has 4 aliphatic carbocycles. The number of carboxylic acid groups (broad SMARTS) is 1. The Morgan fingerprint density at radius 1 is 1.00 bits per heavy atom. The quantitative estimate of drug-likeness (QED) is 0.264. The molecule has 0 aromatic heterocycles. The van der Waals surface area contributed by atoms with Crippen LogP contribution in [0.2, 0.25) is 0 Å². The van der Waals surface area contributed by atoms with Gasteiger partial charge in [-0.25, -0.2) is 4.79 Å². The third-order valence-corrected chi connectivity index (χ3v) is 12.4. The summed E-state index contributed by atoms with van der Waals surface area (Å²) in [7, 11) is 0. The first-order valence-corrected chi connectivity index (χ1v) is 15.4. The van der Waals surface area contributed by atoms with Crippen molar-refractivity contribution in [3.63, 3.8) is 0 Å². The Hall–Kier alpha value is -2.44. The molecular formula is C34H50O7. The van der Waals surface area contributed by atoms with E-state index in [2.05, 4.69) is 41.5 Å². The van der Waals surface area contributed by atoms with Crippen molar-refractivity contribution < 1.29 is 33.8 Å². The van der Waals surface area contributed by atoms with E-state index in [4.69, 9.17) is 9.47 Å². The molecule has 2 fully saturated rings. The number of hydrogen-bond donors (Lipinski definition) is 1. The van der Waals surface area contributed by atoms with Gasteiger partial charge in [0.05, 0.1) is 0 Å². The highest BCUT2D eigenvalue weighted by Crippen LogP contribution is 2.72. The molecule has 8 atom stereocenters. The minimum atomic E-state index is -0.973. The molecular weight excluding hydrogens is 520 g/mol. The van der Waals surface area contributed by atoms with Gasteiger partial charge in [0.2, 0.25) is 0 Å². The number of carbonyl (C=O) groups is 4. The first-order valence-electron chi connectivity index (χ1n) is 15.4. The number of carbonyl (C=O) groups excluding carboxylic acids is 3. The van der Waals surface area contributed by atoms with Crippen LogP contribution in [0.5, 0.6) is 0 Å². The third kappa shape index (κ3) is 4.99. The molecule has 0 aliphatic heterocycles. The topological polar surface area (TPSA) is 107 Å². The van der Waals surface area contributed by atoms with E-state index in [1.807, 2.05) is 0 Å². The SMILES string of the molecule is CC(=O)OC(CC=C(C)C(=O)O)C(C)C1CCC2(C)C3=C(CCC12C)C1(C)CCC(OC(C)=O)C(C)(C)C1CC3=O. The smallest absolute Gasteiger partial charge is 0.330 e. The van der Waals surface area contributed by atoms with Crippen LogP contribution in [0.1, 0.15) is 114 Å². The molecule has 0 spiro atoms. The minimum Gasteiger partial charge on any atom is -0.478 e. The van der Waals surface area contributed by atoms with Crippen LogP contribution in [-0.2, 0) is 28.7 Å². The van der Waals surface area contributed by atoms with Gasteiger partial charge in [0.15, 0.2) is 5.78 Å². The molecule has 4 rings (SSSR count). The minimum absolute atomic E-state index is 0.00542. The summed E-state index contributed by atoms with van der Waals surface area (Å²) in [6.45, 7) is 17.9. The molecule has 228 valence electrons. The fraction of sp³-hybridized carbons (Fsp3) is 0.765. The van der Waals surface area contributed by atoms with E-state index in [1.165, 1.54) is 19.4 Å². The standard InChI is InChI=1S/C34H50O7/c1-19(30(38)39)10-11-26(40-21(3)35)20(2)23-12-17-34(9)29-24(13-16-33(23,34)8)32(7)15-14-28(41-22(4)36)31(5,6)27(32)18-25(29)37/h10,20,23,26-28H,11-18H2,1-9H3,(H,38,39). The Balaban J connectivity index is 1.70. The highest BCUT2D eigenvalue weighted by atomic mass is 16.5. The van der Waals surface area contributed by atoms with Gasteiger partial charge in [0.25, 0.3) is 0 Å². The van der Waals surface area contributed by atoms with E-state index in [-0.39, 0.29) is 68.8 Å². The number of fused-ring (bicyclic) bond motifs is 4. The van der Waals surface area contributed by atoms with E-state index < -0.39 is 12.1 Å². The summed E-state index contributed by atoms with van der Waals surface area (Å²) in [6, 6.07) is 0. The Labute approximate surface area is 245 Å². The first kappa shape index (κ1) is 31.5. The molecule has 7 nitrogen and oxygen atoms in total. The van der Waals surface area contributed by atoms with Gasteiger partial charge in [0.1, 0.15) is 12.2 Å². The molecule has 8 unspecified atom stereocenters. The van der Waals surface area contributed by atoms with Crippen molar-refractivity contribution in [1.29, 1.82) is 0 Å². The molecule has 0 saturated heterocycles. The highest BCUT2D eigenvalue weighted by Gasteiger charge is 2.66. The maximum atomic E-state index is 14.2. The second-order valence-electron chi connectivity index (χ2n) is 14.7. The molecule has 0 heterocycles. The molecule has 7 heteroatoms. The van der Waals surface area contributed by atoms with Crippen molar-refractivity contribution in [3.05, 3.63) is 22.8 Å². The summed E-state index contributed by atoms with van der Waals surface area (Å²) < 4.78 is 11.6. The summed E-state index contributed by atoms with van der Waals surface area (Å²) in [5, 5.41) is 9.34. The lowest BCUT2D eigenvalue weighted by Gasteiger charge is -2.61. The fourth-order valence-corrected chi connectivity index (χ4v) is 9.86. The largest absolute Gasteiger partial charge is 0.478 e. The van der Waals surface area contributed by atoms with Crippen LogP contribution in [0.4, 0.5) is 0 Å². The van der Waals surface area contributed by atoms with Crippen LogP contribution in [0.3, 0.4) is 0 Å². The van der Waals surface area contributed by atoms with E-state index in [0.29, 0.717) is 12.8 Å². The number of rotatable bonds is 7. The summed E-state index contributed by atoms with van der Waals surface area (Å²) >= 11 is 0. The van der Waals surface area contributed by atoms with Crippen molar-refractivity contribution in [2.45, 2.75) is 126 Å². The van der Waals surface area contributed by atoms with Gasteiger partial charge in [-0.15, -0.1) is 0 Å². The zero-order valence-corrected chi connectivity index (χ0v) is 26.5. The van der Waals surface area contributed by atoms with Gasteiger partial charge in [0, 0.05) is 48.7 Å². The van der Waals surface area contributed by atoms with Crippen LogP contribution in [0, 0.1) is 39.4 Å². The molecule has 0 amide bonds. The molecule has 1 N–H and O–H groups in total. The predicted octanol–water partition coefficient (Wildman–Crippen LogP) is 6.84. The second-order valence-corrected chi connectivity index (χ2v) is 14.7. The fourth-order valence-electron chi connectivity index (χ4n) is 9.86. The number of Topliss-reactive ketones (excluding diaryl/α,β-unsaturated/α-hetero) is 1. The Kier molecular flexibility index (Phi) is 8.20. The van der Waals surface area contributed by atoms with E-state index in [9.17, 15) is 24.3 Å². The Bertz CT molecular complexity index is 1190. The van der Waals surface area contributed by atoms with Crippen LogP contribution in [0.25, 0.3) is 0 Å². The third-order valence-electron chi connectivity index (χ3n) is 12.4.